The number of imide groups is 1. The van der Waals surface area contributed by atoms with Crippen LogP contribution < -0.4 is 16.1 Å². The summed E-state index contributed by atoms with van der Waals surface area (Å²) >= 11 is 0. The molecule has 1 spiro atoms. The second-order valence-corrected chi connectivity index (χ2v) is 5.87. The number of hydrogen-bond acceptors (Lipinski definition) is 5. The Labute approximate surface area is 139 Å². The largest absolute Gasteiger partial charge is 0.331 e. The number of amides is 3. The van der Waals surface area contributed by atoms with Gasteiger partial charge in [0, 0.05) is 18.3 Å². The molecule has 0 unspecified atom stereocenters. The molecule has 1 aromatic rings. The smallest absolute Gasteiger partial charge is 0.317 e. The summed E-state index contributed by atoms with van der Waals surface area (Å²) in [6.45, 7) is 1.37. The van der Waals surface area contributed by atoms with Crippen LogP contribution in [0.25, 0.3) is 0 Å². The van der Waals surface area contributed by atoms with Gasteiger partial charge in [-0.15, -0.1) is 5.11 Å². The molecular weight excluding hydrogens is 310 g/mol. The van der Waals surface area contributed by atoms with Crippen molar-refractivity contribution in [3.63, 3.8) is 0 Å². The Kier molecular flexibility index (Phi) is 4.02. The summed E-state index contributed by atoms with van der Waals surface area (Å²) < 4.78 is 0. The summed E-state index contributed by atoms with van der Waals surface area (Å²) in [6.07, 6.45) is 1.14. The number of carbonyl (C=O) groups excluding carboxylic acids is 2. The predicted molar refractivity (Wildman–Crippen MR) is 87.8 cm³/mol. The molecule has 9 nitrogen and oxygen atoms in total. The van der Waals surface area contributed by atoms with E-state index in [1.807, 2.05) is 0 Å². The summed E-state index contributed by atoms with van der Waals surface area (Å²) in [5.74, 6) is 4.72. The number of benzene rings is 1. The highest BCUT2D eigenvalue weighted by molar-refractivity contribution is 6.16. The van der Waals surface area contributed by atoms with E-state index in [1.165, 1.54) is 11.9 Å². The predicted octanol–water partition coefficient (Wildman–Crippen LogP) is 0.858. The summed E-state index contributed by atoms with van der Waals surface area (Å²) in [5, 5.41) is 17.5. The van der Waals surface area contributed by atoms with Gasteiger partial charge in [-0.1, -0.05) is 5.22 Å². The molecule has 3 amide bonds. The van der Waals surface area contributed by atoms with Crippen molar-refractivity contribution in [2.24, 2.45) is 16.2 Å². The van der Waals surface area contributed by atoms with Gasteiger partial charge in [0.15, 0.2) is 5.84 Å². The van der Waals surface area contributed by atoms with E-state index in [4.69, 9.17) is 11.3 Å². The molecule has 0 atom stereocenters. The first-order valence-corrected chi connectivity index (χ1v) is 7.64. The highest BCUT2D eigenvalue weighted by atomic mass is 16.2. The third kappa shape index (κ3) is 2.33. The molecule has 0 bridgehead atoms. The Morgan fingerprint density at radius 1 is 1.25 bits per heavy atom. The fourth-order valence-electron chi connectivity index (χ4n) is 3.35. The molecule has 3 rings (SSSR count). The van der Waals surface area contributed by atoms with Crippen LogP contribution in [0.1, 0.15) is 18.4 Å². The Morgan fingerprint density at radius 2 is 1.88 bits per heavy atom. The first kappa shape index (κ1) is 16.1. The van der Waals surface area contributed by atoms with E-state index >= 15 is 0 Å². The molecule has 0 aromatic heterocycles. The third-order valence-electron chi connectivity index (χ3n) is 4.60. The van der Waals surface area contributed by atoms with Crippen molar-refractivity contribution in [3.05, 3.63) is 29.8 Å². The van der Waals surface area contributed by atoms with Crippen LogP contribution in [-0.2, 0) is 4.79 Å². The Hall–Kier alpha value is -2.81. The van der Waals surface area contributed by atoms with Crippen molar-refractivity contribution in [1.29, 1.82) is 5.41 Å². The second-order valence-electron chi connectivity index (χ2n) is 5.87. The summed E-state index contributed by atoms with van der Waals surface area (Å²) in [5.41, 5.74) is 0.322. The zero-order chi connectivity index (χ0) is 17.3. The molecule has 24 heavy (non-hydrogen) atoms. The Bertz CT molecular complexity index is 707. The van der Waals surface area contributed by atoms with Crippen molar-refractivity contribution in [1.82, 2.24) is 10.2 Å². The topological polar surface area (TPSA) is 127 Å². The maximum atomic E-state index is 12.7. The number of rotatable bonds is 2. The minimum Gasteiger partial charge on any atom is -0.317 e. The second kappa shape index (κ2) is 6.00. The van der Waals surface area contributed by atoms with Crippen molar-refractivity contribution in [3.8, 4) is 0 Å². The SMILES string of the molecule is CN1C(=O)N(c2ccc(C(=N)N=NN)cc2)C2(CCNCC2)C1=O. The monoisotopic (exact) mass is 329 g/mol. The van der Waals surface area contributed by atoms with Gasteiger partial charge in [0.05, 0.1) is 0 Å². The van der Waals surface area contributed by atoms with E-state index in [2.05, 4.69) is 15.7 Å². The maximum absolute atomic E-state index is 12.7. The van der Waals surface area contributed by atoms with Gasteiger partial charge in [0.25, 0.3) is 5.91 Å². The number of nitrogens with zero attached hydrogens (tertiary/aromatic N) is 4. The number of likely N-dealkylation sites (N-methyl/N-ethyl adjacent to an activating group) is 1. The van der Waals surface area contributed by atoms with Gasteiger partial charge in [0.1, 0.15) is 5.54 Å². The number of hydrogen-bond donors (Lipinski definition) is 3. The van der Waals surface area contributed by atoms with Crippen LogP contribution >= 0.6 is 0 Å². The lowest BCUT2D eigenvalue weighted by molar-refractivity contribution is -0.130. The first-order chi connectivity index (χ1) is 11.5. The number of nitrogens with two attached hydrogens (primary N) is 1. The number of anilines is 1. The number of carbonyl (C=O) groups is 2. The molecule has 2 aliphatic heterocycles. The van der Waals surface area contributed by atoms with Gasteiger partial charge >= 0.3 is 6.03 Å². The molecule has 1 aromatic carbocycles. The molecule has 9 heteroatoms. The lowest BCUT2D eigenvalue weighted by Crippen LogP contribution is -2.56. The third-order valence-corrected chi connectivity index (χ3v) is 4.60. The van der Waals surface area contributed by atoms with Gasteiger partial charge in [-0.25, -0.2) is 4.79 Å². The van der Waals surface area contributed by atoms with Crippen molar-refractivity contribution in [2.45, 2.75) is 18.4 Å². The first-order valence-electron chi connectivity index (χ1n) is 7.64. The molecule has 0 saturated carbocycles. The van der Waals surface area contributed by atoms with Crippen molar-refractivity contribution >= 4 is 23.5 Å². The van der Waals surface area contributed by atoms with E-state index in [-0.39, 0.29) is 17.8 Å². The minimum absolute atomic E-state index is 0.0680. The summed E-state index contributed by atoms with van der Waals surface area (Å²) in [7, 11) is 1.51. The standard InChI is InChI=1S/C15H19N7O2/c1-21-13(23)15(6-8-18-9-7-15)22(14(21)24)11-4-2-10(3-5-11)12(16)19-20-17/h2-5,18H,6-9H2,1H3,(H3,16,17,19). The summed E-state index contributed by atoms with van der Waals surface area (Å²) in [4.78, 5) is 28.1. The van der Waals surface area contributed by atoms with Crippen LogP contribution in [0.3, 0.4) is 0 Å². The van der Waals surface area contributed by atoms with E-state index in [0.717, 1.165) is 0 Å². The fraction of sp³-hybridized carbons (Fsp3) is 0.400. The van der Waals surface area contributed by atoms with Crippen molar-refractivity contribution in [2.75, 3.05) is 25.0 Å². The van der Waals surface area contributed by atoms with E-state index < -0.39 is 5.54 Å². The molecule has 0 radical (unpaired) electrons. The van der Waals surface area contributed by atoms with Crippen LogP contribution in [0, 0.1) is 5.41 Å². The highest BCUT2D eigenvalue weighted by Crippen LogP contribution is 2.38. The fourth-order valence-corrected chi connectivity index (χ4v) is 3.35. The van der Waals surface area contributed by atoms with Gasteiger partial charge in [-0.3, -0.25) is 20.0 Å². The van der Waals surface area contributed by atoms with Crippen LogP contribution in [0.5, 0.6) is 0 Å². The lowest BCUT2D eigenvalue weighted by atomic mass is 9.86. The Morgan fingerprint density at radius 3 is 2.46 bits per heavy atom. The minimum atomic E-state index is -0.830. The summed E-state index contributed by atoms with van der Waals surface area (Å²) in [6, 6.07) is 6.43. The quantitative estimate of drug-likeness (QED) is 0.186. The molecule has 126 valence electrons. The molecule has 2 fully saturated rings. The lowest BCUT2D eigenvalue weighted by Gasteiger charge is -2.38. The van der Waals surface area contributed by atoms with E-state index in [9.17, 15) is 9.59 Å². The van der Waals surface area contributed by atoms with Crippen LogP contribution in [-0.4, -0.2) is 48.3 Å². The van der Waals surface area contributed by atoms with Crippen LogP contribution in [0.2, 0.25) is 0 Å². The number of piperidine rings is 1. The maximum Gasteiger partial charge on any atom is 0.331 e. The zero-order valence-electron chi connectivity index (χ0n) is 13.3. The molecule has 4 N–H and O–H groups in total. The number of amidine groups is 1. The van der Waals surface area contributed by atoms with Gasteiger partial charge in [-0.2, -0.15) is 0 Å². The van der Waals surface area contributed by atoms with Gasteiger partial charge < -0.3 is 11.2 Å². The van der Waals surface area contributed by atoms with E-state index in [0.29, 0.717) is 37.2 Å². The normalized spacial score (nSPS) is 20.4. The number of nitrogens with one attached hydrogen (secondary N) is 2. The number of urea groups is 1. The molecule has 2 saturated heterocycles. The van der Waals surface area contributed by atoms with Crippen molar-refractivity contribution < 1.29 is 9.59 Å². The zero-order valence-corrected chi connectivity index (χ0v) is 13.3. The average molecular weight is 329 g/mol. The van der Waals surface area contributed by atoms with E-state index in [1.54, 1.807) is 29.2 Å². The molecular formula is C15H19N7O2. The Balaban J connectivity index is 1.98. The molecule has 0 aliphatic carbocycles. The highest BCUT2D eigenvalue weighted by Gasteiger charge is 2.56. The van der Waals surface area contributed by atoms with Gasteiger partial charge in [-0.05, 0) is 50.2 Å². The molecule has 2 aliphatic rings. The average Bonchev–Trinajstić information content (AvgIpc) is 2.78. The van der Waals surface area contributed by atoms with Crippen LogP contribution in [0.15, 0.2) is 34.6 Å². The van der Waals surface area contributed by atoms with Gasteiger partial charge in [0.2, 0.25) is 0 Å². The van der Waals surface area contributed by atoms with Crippen LogP contribution in [0.4, 0.5) is 10.5 Å². The molecule has 2 heterocycles.